The summed E-state index contributed by atoms with van der Waals surface area (Å²) in [6.45, 7) is 4.83. The van der Waals surface area contributed by atoms with E-state index in [0.29, 0.717) is 0 Å². The van der Waals surface area contributed by atoms with Crippen LogP contribution in [0.4, 0.5) is 0 Å². The summed E-state index contributed by atoms with van der Waals surface area (Å²) in [5.74, 6) is 0.969. The van der Waals surface area contributed by atoms with E-state index in [4.69, 9.17) is 0 Å². The second kappa shape index (κ2) is 6.62. The number of likely N-dealkylation sites (tertiary alicyclic amines) is 1. The van der Waals surface area contributed by atoms with Gasteiger partial charge in [0.1, 0.15) is 0 Å². The predicted molar refractivity (Wildman–Crippen MR) is 62.7 cm³/mol. The van der Waals surface area contributed by atoms with E-state index in [1.54, 1.807) is 6.08 Å². The molecular weight excluding hydrogens is 188 g/mol. The minimum absolute atomic E-state index is 0.171. The molecule has 0 saturated carbocycles. The second-order valence-electron chi connectivity index (χ2n) is 4.16. The van der Waals surface area contributed by atoms with Crippen molar-refractivity contribution in [1.82, 2.24) is 10.2 Å². The molecule has 0 aromatic rings. The third kappa shape index (κ3) is 4.04. The number of piperidine rings is 1. The molecule has 1 saturated heterocycles. The fourth-order valence-corrected chi connectivity index (χ4v) is 2.04. The second-order valence-corrected chi connectivity index (χ2v) is 4.16. The van der Waals surface area contributed by atoms with E-state index in [0.717, 1.165) is 38.4 Å². The Bertz CT molecular complexity index is 218. The smallest absolute Gasteiger partial charge is 0.246 e. The highest BCUT2D eigenvalue weighted by Crippen LogP contribution is 2.19. The Hall–Kier alpha value is -0.830. The summed E-state index contributed by atoms with van der Waals surface area (Å²) in [7, 11) is 1.99. The topological polar surface area (TPSA) is 32.3 Å². The standard InChI is InChI=1S/C12H22N2O/c1-3-4-12(15)14-9-6-11(7-10-14)5-8-13-2/h3-4,11,13H,5-10H2,1-2H3. The summed E-state index contributed by atoms with van der Waals surface area (Å²) in [5, 5.41) is 3.18. The van der Waals surface area contributed by atoms with Gasteiger partial charge < -0.3 is 10.2 Å². The van der Waals surface area contributed by atoms with Gasteiger partial charge in [-0.05, 0) is 51.8 Å². The molecule has 15 heavy (non-hydrogen) atoms. The number of nitrogens with one attached hydrogen (secondary N) is 1. The summed E-state index contributed by atoms with van der Waals surface area (Å²) in [6, 6.07) is 0. The van der Waals surface area contributed by atoms with E-state index in [9.17, 15) is 4.79 Å². The van der Waals surface area contributed by atoms with Gasteiger partial charge in [-0.25, -0.2) is 0 Å². The molecule has 1 heterocycles. The van der Waals surface area contributed by atoms with Crippen LogP contribution in [0.25, 0.3) is 0 Å². The third-order valence-electron chi connectivity index (χ3n) is 3.04. The number of hydrogen-bond acceptors (Lipinski definition) is 2. The van der Waals surface area contributed by atoms with Gasteiger partial charge in [0.05, 0.1) is 0 Å². The highest BCUT2D eigenvalue weighted by atomic mass is 16.2. The highest BCUT2D eigenvalue weighted by molar-refractivity contribution is 5.87. The number of nitrogens with zero attached hydrogens (tertiary/aromatic N) is 1. The Kier molecular flexibility index (Phi) is 5.40. The fraction of sp³-hybridized carbons (Fsp3) is 0.750. The van der Waals surface area contributed by atoms with Crippen LogP contribution in [0.15, 0.2) is 12.2 Å². The summed E-state index contributed by atoms with van der Waals surface area (Å²) in [6.07, 6.45) is 7.03. The van der Waals surface area contributed by atoms with Crippen LogP contribution in [0.1, 0.15) is 26.2 Å². The maximum atomic E-state index is 11.5. The van der Waals surface area contributed by atoms with Gasteiger partial charge in [0.25, 0.3) is 0 Å². The average Bonchev–Trinajstić information content (AvgIpc) is 2.27. The summed E-state index contributed by atoms with van der Waals surface area (Å²) in [4.78, 5) is 13.5. The van der Waals surface area contributed by atoms with Crippen molar-refractivity contribution in [2.24, 2.45) is 5.92 Å². The molecule has 0 bridgehead atoms. The highest BCUT2D eigenvalue weighted by Gasteiger charge is 2.20. The van der Waals surface area contributed by atoms with E-state index in [1.165, 1.54) is 6.42 Å². The van der Waals surface area contributed by atoms with E-state index >= 15 is 0 Å². The molecule has 3 nitrogen and oxygen atoms in total. The Balaban J connectivity index is 2.26. The normalized spacial score (nSPS) is 18.7. The summed E-state index contributed by atoms with van der Waals surface area (Å²) < 4.78 is 0. The molecule has 1 rings (SSSR count). The zero-order valence-corrected chi connectivity index (χ0v) is 9.83. The number of carbonyl (C=O) groups is 1. The Labute approximate surface area is 92.5 Å². The Morgan fingerprint density at radius 1 is 1.47 bits per heavy atom. The molecule has 3 heteroatoms. The molecule has 0 spiro atoms. The van der Waals surface area contributed by atoms with Crippen LogP contribution >= 0.6 is 0 Å². The van der Waals surface area contributed by atoms with Crippen molar-refractivity contribution in [3.05, 3.63) is 12.2 Å². The lowest BCUT2D eigenvalue weighted by Gasteiger charge is -2.31. The largest absolute Gasteiger partial charge is 0.339 e. The van der Waals surface area contributed by atoms with Crippen LogP contribution in [0.5, 0.6) is 0 Å². The van der Waals surface area contributed by atoms with Crippen LogP contribution in [0, 0.1) is 5.92 Å². The molecule has 1 fully saturated rings. The molecule has 0 unspecified atom stereocenters. The van der Waals surface area contributed by atoms with E-state index in [-0.39, 0.29) is 5.91 Å². The van der Waals surface area contributed by atoms with Crippen LogP contribution < -0.4 is 5.32 Å². The SMILES string of the molecule is CC=CC(=O)N1CCC(CCNC)CC1. The predicted octanol–water partition coefficient (Wildman–Crippen LogP) is 1.41. The first-order valence-corrected chi connectivity index (χ1v) is 5.84. The lowest BCUT2D eigenvalue weighted by Crippen LogP contribution is -2.38. The maximum Gasteiger partial charge on any atom is 0.246 e. The molecule has 0 atom stereocenters. The molecular formula is C12H22N2O. The fourth-order valence-electron chi connectivity index (χ4n) is 2.04. The number of carbonyl (C=O) groups excluding carboxylic acids is 1. The minimum atomic E-state index is 0.171. The van der Waals surface area contributed by atoms with E-state index in [1.807, 2.05) is 24.9 Å². The minimum Gasteiger partial charge on any atom is -0.339 e. The van der Waals surface area contributed by atoms with Crippen molar-refractivity contribution in [3.8, 4) is 0 Å². The van der Waals surface area contributed by atoms with Gasteiger partial charge in [-0.2, -0.15) is 0 Å². The van der Waals surface area contributed by atoms with Gasteiger partial charge in [0.15, 0.2) is 0 Å². The van der Waals surface area contributed by atoms with Gasteiger partial charge in [-0.1, -0.05) is 6.08 Å². The van der Waals surface area contributed by atoms with Crippen LogP contribution in [-0.2, 0) is 4.79 Å². The van der Waals surface area contributed by atoms with E-state index in [2.05, 4.69) is 5.32 Å². The van der Waals surface area contributed by atoms with Gasteiger partial charge in [-0.3, -0.25) is 4.79 Å². The molecule has 86 valence electrons. The molecule has 0 radical (unpaired) electrons. The van der Waals surface area contributed by atoms with Crippen molar-refractivity contribution in [3.63, 3.8) is 0 Å². The summed E-state index contributed by atoms with van der Waals surface area (Å²) in [5.41, 5.74) is 0. The van der Waals surface area contributed by atoms with Crippen LogP contribution in [-0.4, -0.2) is 37.5 Å². The van der Waals surface area contributed by atoms with Gasteiger partial charge >= 0.3 is 0 Å². The first kappa shape index (κ1) is 12.2. The van der Waals surface area contributed by atoms with Gasteiger partial charge in [0.2, 0.25) is 5.91 Å². The van der Waals surface area contributed by atoms with Crippen molar-refractivity contribution in [2.75, 3.05) is 26.7 Å². The van der Waals surface area contributed by atoms with Crippen LogP contribution in [0.3, 0.4) is 0 Å². The first-order valence-electron chi connectivity index (χ1n) is 5.84. The average molecular weight is 210 g/mol. The number of rotatable bonds is 4. The number of hydrogen-bond donors (Lipinski definition) is 1. The maximum absolute atomic E-state index is 11.5. The molecule has 0 aromatic carbocycles. The molecule has 1 amide bonds. The van der Waals surface area contributed by atoms with Crippen molar-refractivity contribution in [2.45, 2.75) is 26.2 Å². The number of amides is 1. The molecule has 1 N–H and O–H groups in total. The van der Waals surface area contributed by atoms with E-state index < -0.39 is 0 Å². The Morgan fingerprint density at radius 2 is 2.13 bits per heavy atom. The van der Waals surface area contributed by atoms with Crippen molar-refractivity contribution in [1.29, 1.82) is 0 Å². The zero-order valence-electron chi connectivity index (χ0n) is 9.83. The number of allylic oxidation sites excluding steroid dienone is 1. The lowest BCUT2D eigenvalue weighted by molar-refractivity contribution is -0.127. The monoisotopic (exact) mass is 210 g/mol. The molecule has 1 aliphatic rings. The van der Waals surface area contributed by atoms with Crippen LogP contribution in [0.2, 0.25) is 0 Å². The molecule has 0 aliphatic carbocycles. The van der Waals surface area contributed by atoms with Crippen molar-refractivity contribution >= 4 is 5.91 Å². The molecule has 0 aromatic heterocycles. The lowest BCUT2D eigenvalue weighted by atomic mass is 9.93. The van der Waals surface area contributed by atoms with Gasteiger partial charge in [0, 0.05) is 13.1 Å². The Morgan fingerprint density at radius 3 is 2.67 bits per heavy atom. The van der Waals surface area contributed by atoms with Gasteiger partial charge in [-0.15, -0.1) is 0 Å². The third-order valence-corrected chi connectivity index (χ3v) is 3.04. The zero-order chi connectivity index (χ0) is 11.1. The quantitative estimate of drug-likeness (QED) is 0.712. The first-order chi connectivity index (χ1) is 7.27. The summed E-state index contributed by atoms with van der Waals surface area (Å²) >= 11 is 0. The molecule has 1 aliphatic heterocycles. The van der Waals surface area contributed by atoms with Crippen molar-refractivity contribution < 1.29 is 4.79 Å².